The molecule has 2 aliphatic rings. The molecular weight excluding hydrogens is 420 g/mol. The van der Waals surface area contributed by atoms with Crippen molar-refractivity contribution in [1.82, 2.24) is 24.8 Å². The van der Waals surface area contributed by atoms with Crippen molar-refractivity contribution in [2.24, 2.45) is 5.92 Å². The molecule has 2 aromatic heterocycles. The van der Waals surface area contributed by atoms with Gasteiger partial charge in [0.05, 0.1) is 0 Å². The van der Waals surface area contributed by atoms with Crippen LogP contribution in [0.25, 0.3) is 5.95 Å². The van der Waals surface area contributed by atoms with Gasteiger partial charge in [-0.05, 0) is 49.8 Å². The molecule has 5 rings (SSSR count). The summed E-state index contributed by atoms with van der Waals surface area (Å²) in [4.78, 5) is 28.2. The van der Waals surface area contributed by atoms with Crippen LogP contribution in [0.15, 0.2) is 43.0 Å². The number of hydrogen-bond donors (Lipinski definition) is 1. The van der Waals surface area contributed by atoms with Crippen molar-refractivity contribution in [2.75, 3.05) is 31.3 Å². The number of hydrogen-bond acceptors (Lipinski definition) is 7. The highest BCUT2D eigenvalue weighted by molar-refractivity contribution is 5.76. The molecule has 172 valence electrons. The summed E-state index contributed by atoms with van der Waals surface area (Å²) in [6.07, 6.45) is 8.63. The Balaban J connectivity index is 1.14. The molecule has 2 aliphatic heterocycles. The SMILES string of the molecule is Cc1cc(N2CCCC(CC(=O)NCCc3ccc4c(c3)OCO4)C2)nc(-n2ccnc2)n1. The summed E-state index contributed by atoms with van der Waals surface area (Å²) < 4.78 is 12.6. The summed E-state index contributed by atoms with van der Waals surface area (Å²) >= 11 is 0. The quantitative estimate of drug-likeness (QED) is 0.594. The Morgan fingerprint density at radius 3 is 3.00 bits per heavy atom. The van der Waals surface area contributed by atoms with Crippen molar-refractivity contribution in [3.8, 4) is 17.4 Å². The zero-order valence-corrected chi connectivity index (χ0v) is 18.7. The molecule has 9 nitrogen and oxygen atoms in total. The molecule has 1 unspecified atom stereocenters. The number of anilines is 1. The average Bonchev–Trinajstić information content (AvgIpc) is 3.51. The van der Waals surface area contributed by atoms with Crippen molar-refractivity contribution in [3.63, 3.8) is 0 Å². The normalized spacial score (nSPS) is 17.2. The number of rotatable bonds is 7. The Morgan fingerprint density at radius 2 is 2.12 bits per heavy atom. The second-order valence-electron chi connectivity index (χ2n) is 8.58. The second kappa shape index (κ2) is 9.48. The Kier molecular flexibility index (Phi) is 6.10. The molecule has 0 spiro atoms. The number of nitrogens with one attached hydrogen (secondary N) is 1. The zero-order valence-electron chi connectivity index (χ0n) is 18.7. The van der Waals surface area contributed by atoms with E-state index in [0.29, 0.717) is 24.8 Å². The molecule has 0 bridgehead atoms. The fraction of sp³-hybridized carbons (Fsp3) is 0.417. The maximum absolute atomic E-state index is 12.6. The van der Waals surface area contributed by atoms with Gasteiger partial charge in [-0.25, -0.2) is 9.97 Å². The van der Waals surface area contributed by atoms with Crippen LogP contribution in [0.1, 0.15) is 30.5 Å². The molecule has 3 aromatic rings. The molecule has 9 heteroatoms. The number of aromatic nitrogens is 4. The van der Waals surface area contributed by atoms with E-state index in [1.165, 1.54) is 0 Å². The molecule has 1 amide bonds. The van der Waals surface area contributed by atoms with Crippen LogP contribution in [0.5, 0.6) is 11.5 Å². The van der Waals surface area contributed by atoms with Crippen LogP contribution in [0.3, 0.4) is 0 Å². The summed E-state index contributed by atoms with van der Waals surface area (Å²) in [6, 6.07) is 7.92. The number of carbonyl (C=O) groups excluding carboxylic acids is 1. The lowest BCUT2D eigenvalue weighted by Crippen LogP contribution is -2.38. The summed E-state index contributed by atoms with van der Waals surface area (Å²) in [5.74, 6) is 3.47. The first-order valence-corrected chi connectivity index (χ1v) is 11.4. The van der Waals surface area contributed by atoms with Gasteiger partial charge in [0.2, 0.25) is 18.6 Å². The molecule has 1 atom stereocenters. The van der Waals surface area contributed by atoms with Crippen LogP contribution in [0.2, 0.25) is 0 Å². The highest BCUT2D eigenvalue weighted by Crippen LogP contribution is 2.32. The van der Waals surface area contributed by atoms with Crippen molar-refractivity contribution < 1.29 is 14.3 Å². The van der Waals surface area contributed by atoms with E-state index in [2.05, 4.69) is 20.2 Å². The smallest absolute Gasteiger partial charge is 0.237 e. The Labute approximate surface area is 192 Å². The largest absolute Gasteiger partial charge is 0.454 e. The van der Waals surface area contributed by atoms with Crippen molar-refractivity contribution in [3.05, 3.63) is 54.2 Å². The second-order valence-corrected chi connectivity index (χ2v) is 8.58. The lowest BCUT2D eigenvalue weighted by molar-refractivity contribution is -0.122. The summed E-state index contributed by atoms with van der Waals surface area (Å²) in [6.45, 7) is 4.60. The number of fused-ring (bicyclic) bond motifs is 1. The average molecular weight is 449 g/mol. The minimum Gasteiger partial charge on any atom is -0.454 e. The van der Waals surface area contributed by atoms with E-state index in [9.17, 15) is 4.79 Å². The third-order valence-corrected chi connectivity index (χ3v) is 6.05. The summed E-state index contributed by atoms with van der Waals surface area (Å²) in [5.41, 5.74) is 2.03. The van der Waals surface area contributed by atoms with Gasteiger partial charge in [-0.2, -0.15) is 4.98 Å². The molecule has 0 saturated carbocycles. The maximum Gasteiger partial charge on any atom is 0.237 e. The van der Waals surface area contributed by atoms with E-state index in [1.807, 2.05) is 42.0 Å². The highest BCUT2D eigenvalue weighted by atomic mass is 16.7. The van der Waals surface area contributed by atoms with Gasteiger partial charge in [0.1, 0.15) is 12.1 Å². The van der Waals surface area contributed by atoms with Crippen molar-refractivity contribution in [2.45, 2.75) is 32.6 Å². The molecule has 0 radical (unpaired) electrons. The minimum atomic E-state index is 0.0977. The van der Waals surface area contributed by atoms with Crippen molar-refractivity contribution in [1.29, 1.82) is 0 Å². The van der Waals surface area contributed by atoms with Gasteiger partial charge in [0.25, 0.3) is 0 Å². The van der Waals surface area contributed by atoms with Gasteiger partial charge in [-0.15, -0.1) is 0 Å². The maximum atomic E-state index is 12.6. The van der Waals surface area contributed by atoms with Gasteiger partial charge in [0, 0.05) is 50.2 Å². The van der Waals surface area contributed by atoms with Crippen LogP contribution in [-0.4, -0.2) is 51.9 Å². The number of piperidine rings is 1. The van der Waals surface area contributed by atoms with E-state index in [-0.39, 0.29) is 12.7 Å². The van der Waals surface area contributed by atoms with Crippen LogP contribution < -0.4 is 19.7 Å². The Hall–Kier alpha value is -3.62. The predicted molar refractivity (Wildman–Crippen MR) is 123 cm³/mol. The number of aryl methyl sites for hydroxylation is 1. The molecule has 4 heterocycles. The van der Waals surface area contributed by atoms with E-state index in [1.54, 1.807) is 12.5 Å². The van der Waals surface area contributed by atoms with Gasteiger partial charge in [0.15, 0.2) is 11.5 Å². The number of nitrogens with zero attached hydrogens (tertiary/aromatic N) is 5. The van der Waals surface area contributed by atoms with Gasteiger partial charge >= 0.3 is 0 Å². The molecule has 1 fully saturated rings. The lowest BCUT2D eigenvalue weighted by Gasteiger charge is -2.33. The molecule has 1 N–H and O–H groups in total. The highest BCUT2D eigenvalue weighted by Gasteiger charge is 2.24. The van der Waals surface area contributed by atoms with Gasteiger partial charge in [-0.1, -0.05) is 6.07 Å². The molecular formula is C24H28N6O3. The van der Waals surface area contributed by atoms with E-state index in [4.69, 9.17) is 14.5 Å². The zero-order chi connectivity index (χ0) is 22.6. The fourth-order valence-corrected chi connectivity index (χ4v) is 4.41. The van der Waals surface area contributed by atoms with Crippen LogP contribution >= 0.6 is 0 Å². The van der Waals surface area contributed by atoms with E-state index >= 15 is 0 Å². The molecule has 0 aliphatic carbocycles. The molecule has 33 heavy (non-hydrogen) atoms. The first kappa shape index (κ1) is 21.2. The summed E-state index contributed by atoms with van der Waals surface area (Å²) in [5, 5.41) is 3.07. The number of ether oxygens (including phenoxy) is 2. The molecule has 1 saturated heterocycles. The number of imidazole rings is 1. The van der Waals surface area contributed by atoms with Crippen LogP contribution in [-0.2, 0) is 11.2 Å². The topological polar surface area (TPSA) is 94.4 Å². The third kappa shape index (κ3) is 5.08. The van der Waals surface area contributed by atoms with Gasteiger partial charge < -0.3 is 19.7 Å². The summed E-state index contributed by atoms with van der Waals surface area (Å²) in [7, 11) is 0. The number of amides is 1. The minimum absolute atomic E-state index is 0.0977. The van der Waals surface area contributed by atoms with E-state index < -0.39 is 0 Å². The first-order valence-electron chi connectivity index (χ1n) is 11.4. The standard InChI is InChI=1S/C24H28N6O3/c1-17-11-22(28-24(27-17)30-10-8-25-15-30)29-9-2-3-19(14-29)13-23(31)26-7-6-18-4-5-20-21(12-18)33-16-32-20/h4-5,8,10-12,15,19H,2-3,6-7,9,13-14,16H2,1H3,(H,26,31). The van der Waals surface area contributed by atoms with Crippen LogP contribution in [0.4, 0.5) is 5.82 Å². The van der Waals surface area contributed by atoms with Gasteiger partial charge in [-0.3, -0.25) is 9.36 Å². The van der Waals surface area contributed by atoms with Crippen LogP contribution in [0, 0.1) is 12.8 Å². The predicted octanol–water partition coefficient (Wildman–Crippen LogP) is 2.66. The molecule has 1 aromatic carbocycles. The number of carbonyl (C=O) groups is 1. The Morgan fingerprint density at radius 1 is 1.21 bits per heavy atom. The lowest BCUT2D eigenvalue weighted by atomic mass is 9.94. The first-order chi connectivity index (χ1) is 16.1. The number of benzene rings is 1. The van der Waals surface area contributed by atoms with E-state index in [0.717, 1.165) is 60.9 Å². The third-order valence-electron chi connectivity index (χ3n) is 6.05. The monoisotopic (exact) mass is 448 g/mol. The Bertz CT molecular complexity index is 1120. The fourth-order valence-electron chi connectivity index (χ4n) is 4.41. The van der Waals surface area contributed by atoms with Crippen molar-refractivity contribution >= 4 is 11.7 Å².